The predicted octanol–water partition coefficient (Wildman–Crippen LogP) is 2.61. The molecule has 0 aromatic carbocycles. The largest absolute Gasteiger partial charge is 0.493 e. The average molecular weight is 487 g/mol. The number of aliphatic hydroxyl groups excluding tert-OH is 1. The summed E-state index contributed by atoms with van der Waals surface area (Å²) in [6, 6.07) is 5.94. The van der Waals surface area contributed by atoms with E-state index in [1.165, 1.54) is 12.1 Å². The SMILES string of the molecule is CC.CCNC(=O)c1nc2c(cc1C)N1CCC(C1)N2C.O=CNc1cc(OCCCO)ccn1. The zero-order valence-corrected chi connectivity index (χ0v) is 21.4. The van der Waals surface area contributed by atoms with E-state index < -0.39 is 0 Å². The molecule has 192 valence electrons. The van der Waals surface area contributed by atoms with Gasteiger partial charge in [-0.2, -0.15) is 0 Å². The van der Waals surface area contributed by atoms with Gasteiger partial charge in [0.2, 0.25) is 6.41 Å². The van der Waals surface area contributed by atoms with Gasteiger partial charge in [0, 0.05) is 58.0 Å². The summed E-state index contributed by atoms with van der Waals surface area (Å²) < 4.78 is 5.28. The van der Waals surface area contributed by atoms with Crippen LogP contribution in [-0.4, -0.2) is 73.3 Å². The molecule has 1 fully saturated rings. The quantitative estimate of drug-likeness (QED) is 0.385. The lowest BCUT2D eigenvalue weighted by molar-refractivity contribution is -0.105. The van der Waals surface area contributed by atoms with Crippen LogP contribution in [0.3, 0.4) is 0 Å². The number of rotatable bonds is 8. The van der Waals surface area contributed by atoms with E-state index in [2.05, 4.69) is 43.5 Å². The first-order valence-corrected chi connectivity index (χ1v) is 12.2. The van der Waals surface area contributed by atoms with E-state index in [0.717, 1.165) is 24.5 Å². The first-order valence-electron chi connectivity index (χ1n) is 12.2. The molecule has 1 unspecified atom stereocenters. The molecule has 0 spiro atoms. The van der Waals surface area contributed by atoms with Gasteiger partial charge in [0.25, 0.3) is 5.91 Å². The van der Waals surface area contributed by atoms with Gasteiger partial charge in [-0.3, -0.25) is 9.59 Å². The zero-order chi connectivity index (χ0) is 25.8. The van der Waals surface area contributed by atoms with Crippen molar-refractivity contribution in [1.82, 2.24) is 15.3 Å². The predicted molar refractivity (Wildman–Crippen MR) is 138 cm³/mol. The minimum Gasteiger partial charge on any atom is -0.493 e. The number of likely N-dealkylation sites (N-methyl/N-ethyl adjacent to an activating group) is 1. The molecule has 10 heteroatoms. The van der Waals surface area contributed by atoms with Crippen LogP contribution < -0.4 is 25.2 Å². The molecule has 35 heavy (non-hydrogen) atoms. The highest BCUT2D eigenvalue weighted by atomic mass is 16.5. The Morgan fingerprint density at radius 3 is 2.80 bits per heavy atom. The van der Waals surface area contributed by atoms with Crippen molar-refractivity contribution < 1.29 is 19.4 Å². The highest BCUT2D eigenvalue weighted by Gasteiger charge is 2.35. The fourth-order valence-electron chi connectivity index (χ4n) is 3.90. The number of nitrogens with one attached hydrogen (secondary N) is 2. The van der Waals surface area contributed by atoms with Crippen molar-refractivity contribution in [2.75, 3.05) is 55.0 Å². The third kappa shape index (κ3) is 7.29. The van der Waals surface area contributed by atoms with Gasteiger partial charge >= 0.3 is 0 Å². The highest BCUT2D eigenvalue weighted by Crippen LogP contribution is 2.38. The Labute approximate surface area is 207 Å². The lowest BCUT2D eigenvalue weighted by Crippen LogP contribution is -2.40. The van der Waals surface area contributed by atoms with Crippen molar-refractivity contribution in [3.63, 3.8) is 0 Å². The molecule has 0 saturated carbocycles. The van der Waals surface area contributed by atoms with Gasteiger partial charge in [0.15, 0.2) is 5.82 Å². The normalized spacial score (nSPS) is 15.1. The fourth-order valence-corrected chi connectivity index (χ4v) is 3.90. The number of nitrogens with zero attached hydrogens (tertiary/aromatic N) is 4. The second-order valence-electron chi connectivity index (χ2n) is 7.92. The van der Waals surface area contributed by atoms with Gasteiger partial charge in [-0.25, -0.2) is 9.97 Å². The maximum atomic E-state index is 12.0. The molecule has 2 aromatic rings. The van der Waals surface area contributed by atoms with Crippen molar-refractivity contribution in [3.05, 3.63) is 35.7 Å². The number of aryl methyl sites for hydroxylation is 1. The van der Waals surface area contributed by atoms with E-state index in [1.54, 1.807) is 18.3 Å². The standard InChI is InChI=1S/C14H20N4O.C9H12N2O3.C2H6/c1-4-15-14(19)12-9(2)7-11-13(16-12)17(3)10-5-6-18(11)8-10;12-4-1-5-14-8-2-3-10-9(6-8)11-7-13;1-2/h7,10H,4-6,8H2,1-3H3,(H,15,19);2-3,6-7,12H,1,4-5H2,(H,10,11,13);1-2H3. The minimum atomic E-state index is -0.0795. The van der Waals surface area contributed by atoms with E-state index >= 15 is 0 Å². The molecule has 2 aliphatic rings. The Bertz CT molecular complexity index is 971. The van der Waals surface area contributed by atoms with Gasteiger partial charge in [0.1, 0.15) is 17.3 Å². The number of amides is 2. The van der Waals surface area contributed by atoms with Crippen LogP contribution in [0.1, 0.15) is 49.7 Å². The van der Waals surface area contributed by atoms with E-state index in [9.17, 15) is 9.59 Å². The summed E-state index contributed by atoms with van der Waals surface area (Å²) in [4.78, 5) is 35.3. The fraction of sp³-hybridized carbons (Fsp3) is 0.520. The molecule has 3 N–H and O–H groups in total. The number of hydrogen-bond acceptors (Lipinski definition) is 8. The summed E-state index contributed by atoms with van der Waals surface area (Å²) in [5.74, 6) is 1.93. The van der Waals surface area contributed by atoms with Crippen molar-refractivity contribution >= 4 is 29.6 Å². The first kappa shape index (κ1) is 27.8. The van der Waals surface area contributed by atoms with Gasteiger partial charge in [-0.1, -0.05) is 13.8 Å². The molecule has 4 heterocycles. The van der Waals surface area contributed by atoms with Crippen molar-refractivity contribution in [2.45, 2.75) is 46.6 Å². The minimum absolute atomic E-state index is 0.0795. The summed E-state index contributed by atoms with van der Waals surface area (Å²) in [5, 5.41) is 13.8. The summed E-state index contributed by atoms with van der Waals surface area (Å²) in [6.07, 6.45) is 3.85. The number of hydrogen-bond donors (Lipinski definition) is 3. The smallest absolute Gasteiger partial charge is 0.270 e. The van der Waals surface area contributed by atoms with E-state index in [-0.39, 0.29) is 12.5 Å². The lowest BCUT2D eigenvalue weighted by Gasteiger charge is -2.35. The lowest BCUT2D eigenvalue weighted by atomic mass is 10.1. The molecule has 10 nitrogen and oxygen atoms in total. The Hall–Kier alpha value is -3.40. The number of carbonyl (C=O) groups excluding carboxylic acids is 2. The molecule has 2 amide bonds. The molecule has 0 aliphatic carbocycles. The van der Waals surface area contributed by atoms with Crippen LogP contribution >= 0.6 is 0 Å². The summed E-state index contributed by atoms with van der Waals surface area (Å²) in [7, 11) is 2.08. The van der Waals surface area contributed by atoms with Crippen LogP contribution in [0, 0.1) is 6.92 Å². The maximum absolute atomic E-state index is 12.0. The summed E-state index contributed by atoms with van der Waals surface area (Å²) in [6.45, 7) is 11.2. The topological polar surface area (TPSA) is 120 Å². The van der Waals surface area contributed by atoms with Gasteiger partial charge in [0.05, 0.1) is 12.3 Å². The summed E-state index contributed by atoms with van der Waals surface area (Å²) >= 11 is 0. The molecule has 2 bridgehead atoms. The third-order valence-electron chi connectivity index (χ3n) is 5.62. The highest BCUT2D eigenvalue weighted by molar-refractivity contribution is 5.95. The molecular weight excluding hydrogens is 448 g/mol. The number of ether oxygens (including phenoxy) is 1. The maximum Gasteiger partial charge on any atom is 0.270 e. The van der Waals surface area contributed by atoms with Crippen LogP contribution in [0.4, 0.5) is 17.3 Å². The number of anilines is 3. The van der Waals surface area contributed by atoms with Gasteiger partial charge in [-0.05, 0) is 38.0 Å². The Kier molecular flexibility index (Phi) is 11.2. The van der Waals surface area contributed by atoms with Crippen molar-refractivity contribution in [3.8, 4) is 5.75 Å². The third-order valence-corrected chi connectivity index (χ3v) is 5.62. The molecule has 4 rings (SSSR count). The molecule has 1 atom stereocenters. The Morgan fingerprint density at radius 2 is 2.11 bits per heavy atom. The van der Waals surface area contributed by atoms with Crippen molar-refractivity contribution in [1.29, 1.82) is 0 Å². The molecule has 1 saturated heterocycles. The van der Waals surface area contributed by atoms with E-state index in [4.69, 9.17) is 9.84 Å². The molecule has 2 aliphatic heterocycles. The Balaban J connectivity index is 0.000000241. The number of carbonyl (C=O) groups is 2. The van der Waals surface area contributed by atoms with Crippen LogP contribution in [0.15, 0.2) is 24.4 Å². The molecule has 0 radical (unpaired) electrons. The van der Waals surface area contributed by atoms with E-state index in [0.29, 0.717) is 49.3 Å². The second-order valence-corrected chi connectivity index (χ2v) is 7.92. The Morgan fingerprint density at radius 1 is 1.34 bits per heavy atom. The molecule has 2 aromatic heterocycles. The average Bonchev–Trinajstić information content (AvgIpc) is 3.32. The number of fused-ring (bicyclic) bond motifs is 4. The van der Waals surface area contributed by atoms with Crippen LogP contribution in [0.2, 0.25) is 0 Å². The van der Waals surface area contributed by atoms with Crippen molar-refractivity contribution in [2.24, 2.45) is 0 Å². The molecular formula is C25H38N6O4. The zero-order valence-electron chi connectivity index (χ0n) is 21.4. The number of aromatic nitrogens is 2. The second kappa shape index (κ2) is 14.1. The monoisotopic (exact) mass is 486 g/mol. The number of pyridine rings is 2. The van der Waals surface area contributed by atoms with Crippen LogP contribution in [0.25, 0.3) is 0 Å². The van der Waals surface area contributed by atoms with Crippen LogP contribution in [0.5, 0.6) is 5.75 Å². The van der Waals surface area contributed by atoms with Gasteiger partial charge < -0.3 is 30.3 Å². The summed E-state index contributed by atoms with van der Waals surface area (Å²) in [5.41, 5.74) is 2.67. The van der Waals surface area contributed by atoms with Crippen LogP contribution in [-0.2, 0) is 4.79 Å². The first-order chi connectivity index (χ1) is 17.0. The number of aliphatic hydroxyl groups is 1. The van der Waals surface area contributed by atoms with Gasteiger partial charge in [-0.15, -0.1) is 0 Å². The van der Waals surface area contributed by atoms with E-state index in [1.807, 2.05) is 27.7 Å².